The summed E-state index contributed by atoms with van der Waals surface area (Å²) in [5.41, 5.74) is 2.67. The molecule has 130 valence electrons. The number of aromatic nitrogens is 2. The van der Waals surface area contributed by atoms with Crippen molar-refractivity contribution in [2.75, 3.05) is 5.32 Å². The Morgan fingerprint density at radius 3 is 2.69 bits per heavy atom. The smallest absolute Gasteiger partial charge is 0.270 e. The van der Waals surface area contributed by atoms with Gasteiger partial charge in [0.05, 0.1) is 14.9 Å². The highest BCUT2D eigenvalue weighted by molar-refractivity contribution is 7.18. The number of halogens is 1. The lowest BCUT2D eigenvalue weighted by molar-refractivity contribution is 0.103. The summed E-state index contributed by atoms with van der Waals surface area (Å²) in [5, 5.41) is 8.78. The molecule has 0 bridgehead atoms. The van der Waals surface area contributed by atoms with Crippen molar-refractivity contribution >= 4 is 45.9 Å². The number of benzene rings is 1. The standard InChI is InChI=1S/C18H12ClN3O2S2/c1-10-2-4-11(5-3-10)16-21-18(24-22-16)15-12(8-9-25-15)20-17(23)13-6-7-14(19)26-13/h2-9H,1H3,(H,20,23). The highest BCUT2D eigenvalue weighted by atomic mass is 35.5. The van der Waals surface area contributed by atoms with Crippen LogP contribution in [0.2, 0.25) is 4.34 Å². The van der Waals surface area contributed by atoms with E-state index in [9.17, 15) is 4.79 Å². The quantitative estimate of drug-likeness (QED) is 0.473. The van der Waals surface area contributed by atoms with Crippen molar-refractivity contribution in [1.29, 1.82) is 0 Å². The molecule has 3 aromatic heterocycles. The fourth-order valence-electron chi connectivity index (χ4n) is 2.33. The van der Waals surface area contributed by atoms with E-state index in [0.29, 0.717) is 31.5 Å². The number of amides is 1. The second-order valence-electron chi connectivity index (χ2n) is 5.51. The number of nitrogens with zero attached hydrogens (tertiary/aromatic N) is 2. The van der Waals surface area contributed by atoms with Gasteiger partial charge in [-0.15, -0.1) is 22.7 Å². The van der Waals surface area contributed by atoms with Gasteiger partial charge in [0.25, 0.3) is 11.8 Å². The topological polar surface area (TPSA) is 68.0 Å². The predicted octanol–water partition coefficient (Wildman–Crippen LogP) is 5.74. The van der Waals surface area contributed by atoms with Crippen LogP contribution in [0.1, 0.15) is 15.2 Å². The van der Waals surface area contributed by atoms with Crippen molar-refractivity contribution in [3.63, 3.8) is 0 Å². The Kier molecular flexibility index (Phi) is 4.58. The number of anilines is 1. The van der Waals surface area contributed by atoms with Crippen molar-refractivity contribution in [2.24, 2.45) is 0 Å². The van der Waals surface area contributed by atoms with Gasteiger partial charge in [-0.05, 0) is 30.5 Å². The SMILES string of the molecule is Cc1ccc(-c2noc(-c3sccc3NC(=O)c3ccc(Cl)s3)n2)cc1. The molecule has 0 radical (unpaired) electrons. The third-order valence-electron chi connectivity index (χ3n) is 3.64. The fraction of sp³-hybridized carbons (Fsp3) is 0.0556. The van der Waals surface area contributed by atoms with E-state index < -0.39 is 0 Å². The maximum atomic E-state index is 12.3. The van der Waals surface area contributed by atoms with Gasteiger partial charge in [-0.25, -0.2) is 0 Å². The minimum Gasteiger partial charge on any atom is -0.333 e. The maximum absolute atomic E-state index is 12.3. The maximum Gasteiger partial charge on any atom is 0.270 e. The minimum absolute atomic E-state index is 0.222. The van der Waals surface area contributed by atoms with Crippen LogP contribution in [0, 0.1) is 6.92 Å². The molecule has 0 saturated carbocycles. The Hall–Kier alpha value is -2.48. The number of thiophene rings is 2. The Labute approximate surface area is 162 Å². The van der Waals surface area contributed by atoms with E-state index in [2.05, 4.69) is 15.5 Å². The number of aryl methyl sites for hydroxylation is 1. The van der Waals surface area contributed by atoms with Crippen molar-refractivity contribution < 1.29 is 9.32 Å². The fourth-order valence-corrected chi connectivity index (χ4v) is 4.04. The lowest BCUT2D eigenvalue weighted by atomic mass is 10.1. The predicted molar refractivity (Wildman–Crippen MR) is 105 cm³/mol. The lowest BCUT2D eigenvalue weighted by Gasteiger charge is -2.02. The van der Waals surface area contributed by atoms with E-state index in [1.165, 1.54) is 22.7 Å². The molecule has 4 rings (SSSR count). The number of hydrogen-bond acceptors (Lipinski definition) is 6. The number of nitrogens with one attached hydrogen (secondary N) is 1. The average molecular weight is 402 g/mol. The molecule has 0 aliphatic heterocycles. The monoisotopic (exact) mass is 401 g/mol. The summed E-state index contributed by atoms with van der Waals surface area (Å²) in [6.45, 7) is 2.02. The Balaban J connectivity index is 1.59. The zero-order chi connectivity index (χ0) is 18.1. The van der Waals surface area contributed by atoms with Crippen LogP contribution in [0.25, 0.3) is 22.2 Å². The average Bonchev–Trinajstić information content (AvgIpc) is 3.35. The van der Waals surface area contributed by atoms with Gasteiger partial charge in [0.2, 0.25) is 5.82 Å². The zero-order valence-corrected chi connectivity index (χ0v) is 15.9. The first kappa shape index (κ1) is 17.0. The van der Waals surface area contributed by atoms with E-state index in [4.69, 9.17) is 16.1 Å². The molecule has 0 aliphatic carbocycles. The number of carbonyl (C=O) groups is 1. The van der Waals surface area contributed by atoms with E-state index >= 15 is 0 Å². The molecule has 0 spiro atoms. The molecule has 1 N–H and O–H groups in total. The van der Waals surface area contributed by atoms with Crippen LogP contribution in [0.4, 0.5) is 5.69 Å². The summed E-state index contributed by atoms with van der Waals surface area (Å²) in [6, 6.07) is 13.1. The Morgan fingerprint density at radius 2 is 1.96 bits per heavy atom. The van der Waals surface area contributed by atoms with Gasteiger partial charge < -0.3 is 9.84 Å². The van der Waals surface area contributed by atoms with Crippen molar-refractivity contribution in [3.8, 4) is 22.2 Å². The van der Waals surface area contributed by atoms with E-state index in [1.54, 1.807) is 12.1 Å². The Morgan fingerprint density at radius 1 is 1.15 bits per heavy atom. The summed E-state index contributed by atoms with van der Waals surface area (Å²) < 4.78 is 5.98. The lowest BCUT2D eigenvalue weighted by Crippen LogP contribution is -2.09. The molecular formula is C18H12ClN3O2S2. The van der Waals surface area contributed by atoms with Gasteiger partial charge in [0, 0.05) is 5.56 Å². The van der Waals surface area contributed by atoms with Gasteiger partial charge >= 0.3 is 0 Å². The summed E-state index contributed by atoms with van der Waals surface area (Å²) in [6.07, 6.45) is 0. The molecule has 1 amide bonds. The first-order valence-corrected chi connectivity index (χ1v) is 9.73. The van der Waals surface area contributed by atoms with Crippen LogP contribution in [0.5, 0.6) is 0 Å². The third-order valence-corrected chi connectivity index (χ3v) is 5.77. The highest BCUT2D eigenvalue weighted by Crippen LogP contribution is 2.34. The molecule has 26 heavy (non-hydrogen) atoms. The molecule has 0 fully saturated rings. The van der Waals surface area contributed by atoms with Gasteiger partial charge in [0.1, 0.15) is 4.88 Å². The van der Waals surface area contributed by atoms with Crippen molar-refractivity contribution in [1.82, 2.24) is 10.1 Å². The van der Waals surface area contributed by atoms with Crippen molar-refractivity contribution in [2.45, 2.75) is 6.92 Å². The highest BCUT2D eigenvalue weighted by Gasteiger charge is 2.18. The summed E-state index contributed by atoms with van der Waals surface area (Å²) in [5.74, 6) is 0.658. The number of carbonyl (C=O) groups excluding carboxylic acids is 1. The Bertz CT molecular complexity index is 1070. The second-order valence-corrected chi connectivity index (χ2v) is 8.14. The molecule has 8 heteroatoms. The van der Waals surface area contributed by atoms with E-state index in [0.717, 1.165) is 11.1 Å². The van der Waals surface area contributed by atoms with Crippen LogP contribution >= 0.6 is 34.3 Å². The zero-order valence-electron chi connectivity index (χ0n) is 13.5. The summed E-state index contributed by atoms with van der Waals surface area (Å²) >= 11 is 8.54. The van der Waals surface area contributed by atoms with Crippen LogP contribution in [-0.2, 0) is 0 Å². The molecule has 1 aromatic carbocycles. The molecule has 0 unspecified atom stereocenters. The molecule has 4 aromatic rings. The van der Waals surface area contributed by atoms with Crippen molar-refractivity contribution in [3.05, 3.63) is 62.6 Å². The molecule has 0 atom stereocenters. The molecule has 5 nitrogen and oxygen atoms in total. The van der Waals surface area contributed by atoms with Crippen LogP contribution in [0.15, 0.2) is 52.4 Å². The number of hydrogen-bond donors (Lipinski definition) is 1. The molecule has 3 heterocycles. The summed E-state index contributed by atoms with van der Waals surface area (Å²) in [7, 11) is 0. The van der Waals surface area contributed by atoms with Crippen LogP contribution < -0.4 is 5.32 Å². The van der Waals surface area contributed by atoms with Gasteiger partial charge in [-0.3, -0.25) is 4.79 Å². The minimum atomic E-state index is -0.222. The van der Waals surface area contributed by atoms with Gasteiger partial charge in [-0.1, -0.05) is 46.6 Å². The first-order valence-electron chi connectivity index (χ1n) is 7.65. The van der Waals surface area contributed by atoms with E-state index in [-0.39, 0.29) is 5.91 Å². The molecular weight excluding hydrogens is 390 g/mol. The molecule has 0 aliphatic rings. The first-order chi connectivity index (χ1) is 12.6. The molecule has 0 saturated heterocycles. The number of rotatable bonds is 4. The van der Waals surface area contributed by atoms with Crippen LogP contribution in [0.3, 0.4) is 0 Å². The van der Waals surface area contributed by atoms with Crippen LogP contribution in [-0.4, -0.2) is 16.0 Å². The summed E-state index contributed by atoms with van der Waals surface area (Å²) in [4.78, 5) is 18.1. The van der Waals surface area contributed by atoms with E-state index in [1.807, 2.05) is 42.6 Å². The van der Waals surface area contributed by atoms with Gasteiger partial charge in [-0.2, -0.15) is 4.98 Å². The normalized spacial score (nSPS) is 10.8. The third kappa shape index (κ3) is 3.41. The second kappa shape index (κ2) is 7.03. The van der Waals surface area contributed by atoms with Gasteiger partial charge in [0.15, 0.2) is 0 Å². The largest absolute Gasteiger partial charge is 0.333 e.